The average Bonchev–Trinajstić information content (AvgIpc) is 2.34. The summed E-state index contributed by atoms with van der Waals surface area (Å²) in [7, 11) is 0. The Kier molecular flexibility index (Phi) is 5.16. The lowest BCUT2D eigenvalue weighted by Gasteiger charge is -2.07. The molecule has 0 fully saturated rings. The van der Waals surface area contributed by atoms with E-state index >= 15 is 0 Å². The Labute approximate surface area is 101 Å². The molecule has 0 aromatic carbocycles. The Bertz CT molecular complexity index is 408. The third-order valence-electron chi connectivity index (χ3n) is 2.16. The molecule has 5 heteroatoms. The summed E-state index contributed by atoms with van der Waals surface area (Å²) in [5.41, 5.74) is 13.7. The Balaban J connectivity index is 3.05. The maximum absolute atomic E-state index is 8.86. The van der Waals surface area contributed by atoms with Crippen LogP contribution in [0, 0.1) is 0 Å². The number of nitrogens with two attached hydrogens (primary N) is 2. The Morgan fingerprint density at radius 1 is 1.35 bits per heavy atom. The standard InChI is InChI=1S/C12H18N4O/c1-9(13)8-10(4-2-7-17)11(14)12-15-5-3-6-16-12/h3,5-6,8,17H,2,4,7,13-14H2,1H3/b9-8-,11-10-. The van der Waals surface area contributed by atoms with Crippen LogP contribution >= 0.6 is 0 Å². The Morgan fingerprint density at radius 2 is 2.00 bits per heavy atom. The first kappa shape index (κ1) is 13.2. The molecule has 92 valence electrons. The summed E-state index contributed by atoms with van der Waals surface area (Å²) < 4.78 is 0. The van der Waals surface area contributed by atoms with Gasteiger partial charge in [0.25, 0.3) is 0 Å². The molecule has 1 heterocycles. The van der Waals surface area contributed by atoms with Crippen molar-refractivity contribution in [1.29, 1.82) is 0 Å². The third-order valence-corrected chi connectivity index (χ3v) is 2.16. The van der Waals surface area contributed by atoms with E-state index in [1.54, 1.807) is 31.5 Å². The number of hydrogen-bond acceptors (Lipinski definition) is 5. The predicted octanol–water partition coefficient (Wildman–Crippen LogP) is 0.781. The van der Waals surface area contributed by atoms with Crippen molar-refractivity contribution in [2.75, 3.05) is 6.61 Å². The average molecular weight is 234 g/mol. The molecule has 0 aliphatic rings. The van der Waals surface area contributed by atoms with E-state index in [2.05, 4.69) is 9.97 Å². The van der Waals surface area contributed by atoms with Crippen LogP contribution < -0.4 is 11.5 Å². The van der Waals surface area contributed by atoms with Gasteiger partial charge in [0.15, 0.2) is 5.82 Å². The monoisotopic (exact) mass is 234 g/mol. The van der Waals surface area contributed by atoms with E-state index in [9.17, 15) is 0 Å². The highest BCUT2D eigenvalue weighted by molar-refractivity contribution is 5.63. The number of aliphatic hydroxyl groups is 1. The first-order valence-electron chi connectivity index (χ1n) is 5.45. The van der Waals surface area contributed by atoms with E-state index in [4.69, 9.17) is 16.6 Å². The van der Waals surface area contributed by atoms with E-state index in [1.165, 1.54) is 0 Å². The van der Waals surface area contributed by atoms with Crippen molar-refractivity contribution in [3.05, 3.63) is 41.6 Å². The number of hydrogen-bond donors (Lipinski definition) is 3. The topological polar surface area (TPSA) is 98.0 Å². The smallest absolute Gasteiger partial charge is 0.175 e. The zero-order valence-electron chi connectivity index (χ0n) is 9.93. The van der Waals surface area contributed by atoms with Gasteiger partial charge in [0.05, 0.1) is 5.70 Å². The molecule has 1 aromatic rings. The fourth-order valence-corrected chi connectivity index (χ4v) is 1.41. The highest BCUT2D eigenvalue weighted by atomic mass is 16.2. The van der Waals surface area contributed by atoms with Gasteiger partial charge in [-0.1, -0.05) is 0 Å². The minimum atomic E-state index is 0.115. The summed E-state index contributed by atoms with van der Waals surface area (Å²) in [6, 6.07) is 1.73. The summed E-state index contributed by atoms with van der Waals surface area (Å²) in [6.45, 7) is 1.90. The number of aliphatic hydroxyl groups excluding tert-OH is 1. The zero-order chi connectivity index (χ0) is 12.7. The molecule has 0 bridgehead atoms. The van der Waals surface area contributed by atoms with Gasteiger partial charge in [-0.15, -0.1) is 0 Å². The molecule has 0 unspecified atom stereocenters. The Hall–Kier alpha value is -1.88. The van der Waals surface area contributed by atoms with Gasteiger partial charge in [-0.2, -0.15) is 0 Å². The van der Waals surface area contributed by atoms with Gasteiger partial charge < -0.3 is 16.6 Å². The van der Waals surface area contributed by atoms with Crippen LogP contribution in [0.2, 0.25) is 0 Å². The molecule has 0 saturated heterocycles. The highest BCUT2D eigenvalue weighted by Gasteiger charge is 2.06. The lowest BCUT2D eigenvalue weighted by molar-refractivity contribution is 0.289. The highest BCUT2D eigenvalue weighted by Crippen LogP contribution is 2.16. The molecule has 0 radical (unpaired) electrons. The van der Waals surface area contributed by atoms with Gasteiger partial charge in [-0.3, -0.25) is 0 Å². The van der Waals surface area contributed by atoms with Crippen LogP contribution in [0.15, 0.2) is 35.8 Å². The number of rotatable bonds is 5. The van der Waals surface area contributed by atoms with E-state index in [1.807, 2.05) is 0 Å². The minimum absolute atomic E-state index is 0.115. The van der Waals surface area contributed by atoms with E-state index in [-0.39, 0.29) is 6.61 Å². The summed E-state index contributed by atoms with van der Waals surface area (Å²) in [5.74, 6) is 0.484. The summed E-state index contributed by atoms with van der Waals surface area (Å²) in [5, 5.41) is 8.86. The van der Waals surface area contributed by atoms with Crippen LogP contribution in [0.5, 0.6) is 0 Å². The van der Waals surface area contributed by atoms with Crippen LogP contribution in [-0.4, -0.2) is 21.7 Å². The van der Waals surface area contributed by atoms with E-state index in [0.717, 1.165) is 5.57 Å². The zero-order valence-corrected chi connectivity index (χ0v) is 9.93. The van der Waals surface area contributed by atoms with Crippen LogP contribution in [0.1, 0.15) is 25.6 Å². The third kappa shape index (κ3) is 4.24. The lowest BCUT2D eigenvalue weighted by atomic mass is 10.1. The van der Waals surface area contributed by atoms with Gasteiger partial charge in [0.1, 0.15) is 0 Å². The summed E-state index contributed by atoms with van der Waals surface area (Å²) >= 11 is 0. The van der Waals surface area contributed by atoms with Crippen molar-refractivity contribution in [3.63, 3.8) is 0 Å². The molecular weight excluding hydrogens is 216 g/mol. The van der Waals surface area contributed by atoms with Gasteiger partial charge >= 0.3 is 0 Å². The summed E-state index contributed by atoms with van der Waals surface area (Å²) in [6.07, 6.45) is 6.35. The number of nitrogens with zero attached hydrogens (tertiary/aromatic N) is 2. The van der Waals surface area contributed by atoms with Crippen molar-refractivity contribution in [3.8, 4) is 0 Å². The number of allylic oxidation sites excluding steroid dienone is 3. The molecule has 0 spiro atoms. The van der Waals surface area contributed by atoms with Crippen molar-refractivity contribution >= 4 is 5.70 Å². The molecule has 0 saturated carbocycles. The van der Waals surface area contributed by atoms with Gasteiger partial charge in [0, 0.05) is 24.7 Å². The second kappa shape index (κ2) is 6.65. The van der Waals surface area contributed by atoms with Gasteiger partial charge in [-0.05, 0) is 37.5 Å². The SMILES string of the molecule is C/C(N)=C/C(CCCO)=C(\N)c1ncccn1. The maximum atomic E-state index is 8.86. The maximum Gasteiger partial charge on any atom is 0.175 e. The van der Waals surface area contributed by atoms with Crippen molar-refractivity contribution < 1.29 is 5.11 Å². The predicted molar refractivity (Wildman–Crippen MR) is 67.4 cm³/mol. The quantitative estimate of drug-likeness (QED) is 0.654. The molecule has 0 aliphatic heterocycles. The normalized spacial score (nSPS) is 13.4. The minimum Gasteiger partial charge on any atom is -0.402 e. The van der Waals surface area contributed by atoms with Crippen LogP contribution in [0.3, 0.4) is 0 Å². The fraction of sp³-hybridized carbons (Fsp3) is 0.333. The van der Waals surface area contributed by atoms with Crippen LogP contribution in [-0.2, 0) is 0 Å². The molecular formula is C12H18N4O. The fourth-order valence-electron chi connectivity index (χ4n) is 1.41. The molecule has 0 aliphatic carbocycles. The van der Waals surface area contributed by atoms with Crippen LogP contribution in [0.25, 0.3) is 5.70 Å². The van der Waals surface area contributed by atoms with Gasteiger partial charge in [-0.25, -0.2) is 9.97 Å². The van der Waals surface area contributed by atoms with E-state index < -0.39 is 0 Å². The van der Waals surface area contributed by atoms with Crippen molar-refractivity contribution in [2.24, 2.45) is 11.5 Å². The molecule has 5 nitrogen and oxygen atoms in total. The largest absolute Gasteiger partial charge is 0.402 e. The second-order valence-electron chi connectivity index (χ2n) is 3.73. The molecule has 5 N–H and O–H groups in total. The second-order valence-corrected chi connectivity index (χ2v) is 3.73. The number of aromatic nitrogens is 2. The van der Waals surface area contributed by atoms with Crippen molar-refractivity contribution in [1.82, 2.24) is 9.97 Å². The van der Waals surface area contributed by atoms with Gasteiger partial charge in [0.2, 0.25) is 0 Å². The first-order valence-corrected chi connectivity index (χ1v) is 5.45. The molecule has 17 heavy (non-hydrogen) atoms. The first-order chi connectivity index (χ1) is 8.15. The molecule has 1 rings (SSSR count). The van der Waals surface area contributed by atoms with Crippen molar-refractivity contribution in [2.45, 2.75) is 19.8 Å². The van der Waals surface area contributed by atoms with E-state index in [0.29, 0.717) is 30.1 Å². The molecule has 0 atom stereocenters. The van der Waals surface area contributed by atoms with Crippen LogP contribution in [0.4, 0.5) is 0 Å². The molecule has 0 amide bonds. The molecule has 1 aromatic heterocycles. The lowest BCUT2D eigenvalue weighted by Crippen LogP contribution is -2.06. The summed E-state index contributed by atoms with van der Waals surface area (Å²) in [4.78, 5) is 8.18. The Morgan fingerprint density at radius 3 is 2.53 bits per heavy atom.